The summed E-state index contributed by atoms with van der Waals surface area (Å²) in [6.45, 7) is 9.42. The molecular weight excluding hydrogens is 513 g/mol. The normalized spacial score (nSPS) is 13.5. The van der Waals surface area contributed by atoms with Crippen LogP contribution in [0.2, 0.25) is 0 Å². The first-order valence-electron chi connectivity index (χ1n) is 11.0. The first kappa shape index (κ1) is 27.9. The second-order valence-corrected chi connectivity index (χ2v) is 8.87. The predicted molar refractivity (Wildman–Crippen MR) is 131 cm³/mol. The summed E-state index contributed by atoms with van der Waals surface area (Å²) in [5.74, 6) is 3.96. The SMILES string of the molecule is CC#CCn1c(N2CCNCC2)nc2nc(Sc3nc(C)cc(C)n3)n(C)c(=O)c21.O=C(O)C(F)(F)F. The number of anilines is 1. The Balaban J connectivity index is 0.000000479. The fourth-order valence-corrected chi connectivity index (χ4v) is 4.35. The molecule has 0 saturated carbocycles. The number of carboxylic acids is 1. The summed E-state index contributed by atoms with van der Waals surface area (Å²) in [6, 6.07) is 1.91. The van der Waals surface area contributed by atoms with Gasteiger partial charge in [-0.1, -0.05) is 5.92 Å². The Morgan fingerprint density at radius 1 is 1.16 bits per heavy atom. The Kier molecular flexibility index (Phi) is 8.77. The van der Waals surface area contributed by atoms with Crippen molar-refractivity contribution in [1.82, 2.24) is 34.4 Å². The van der Waals surface area contributed by atoms with E-state index >= 15 is 0 Å². The fraction of sp³-hybridized carbons (Fsp3) is 0.455. The number of piperazine rings is 1. The van der Waals surface area contributed by atoms with E-state index in [0.717, 1.165) is 43.5 Å². The minimum atomic E-state index is -5.08. The van der Waals surface area contributed by atoms with Gasteiger partial charge in [-0.2, -0.15) is 18.2 Å². The first-order chi connectivity index (χ1) is 17.4. The number of hydrogen-bond acceptors (Lipinski definition) is 9. The van der Waals surface area contributed by atoms with Crippen molar-refractivity contribution in [3.05, 3.63) is 27.8 Å². The number of fused-ring (bicyclic) bond motifs is 1. The van der Waals surface area contributed by atoms with E-state index in [1.165, 1.54) is 16.3 Å². The zero-order valence-electron chi connectivity index (χ0n) is 20.5. The van der Waals surface area contributed by atoms with Crippen molar-refractivity contribution >= 4 is 34.8 Å². The number of nitrogens with one attached hydrogen (secondary N) is 1. The number of aliphatic carboxylic acids is 1. The van der Waals surface area contributed by atoms with Gasteiger partial charge in [-0.25, -0.2) is 19.7 Å². The van der Waals surface area contributed by atoms with E-state index < -0.39 is 12.1 Å². The maximum atomic E-state index is 13.3. The molecule has 1 saturated heterocycles. The maximum Gasteiger partial charge on any atom is 0.490 e. The van der Waals surface area contributed by atoms with Crippen LogP contribution in [0.25, 0.3) is 11.2 Å². The smallest absolute Gasteiger partial charge is 0.475 e. The average molecular weight is 539 g/mol. The molecule has 0 bridgehead atoms. The van der Waals surface area contributed by atoms with E-state index in [1.807, 2.05) is 24.5 Å². The van der Waals surface area contributed by atoms with Crippen LogP contribution in [0.5, 0.6) is 0 Å². The van der Waals surface area contributed by atoms with Gasteiger partial charge in [0.15, 0.2) is 21.5 Å². The Morgan fingerprint density at radius 3 is 2.30 bits per heavy atom. The molecule has 1 fully saturated rings. The number of imidazole rings is 1. The van der Waals surface area contributed by atoms with Crippen molar-refractivity contribution in [2.24, 2.45) is 7.05 Å². The molecule has 0 aliphatic carbocycles. The fourth-order valence-electron chi connectivity index (χ4n) is 3.46. The van der Waals surface area contributed by atoms with Gasteiger partial charge in [-0.05, 0) is 38.6 Å². The van der Waals surface area contributed by atoms with Crippen LogP contribution in [0.1, 0.15) is 18.3 Å². The zero-order valence-corrected chi connectivity index (χ0v) is 21.4. The summed E-state index contributed by atoms with van der Waals surface area (Å²) in [6.07, 6.45) is -5.08. The van der Waals surface area contributed by atoms with Crippen molar-refractivity contribution in [2.45, 2.75) is 43.8 Å². The molecule has 0 unspecified atom stereocenters. The Labute approximate surface area is 214 Å². The summed E-state index contributed by atoms with van der Waals surface area (Å²) in [4.78, 5) is 42.7. The van der Waals surface area contributed by atoms with Crippen LogP contribution in [0, 0.1) is 25.7 Å². The Hall–Kier alpha value is -3.64. The summed E-state index contributed by atoms with van der Waals surface area (Å²) in [5.41, 5.74) is 2.49. The van der Waals surface area contributed by atoms with Gasteiger partial charge in [0.25, 0.3) is 5.56 Å². The molecule has 15 heteroatoms. The molecule has 0 atom stereocenters. The molecule has 0 radical (unpaired) electrons. The third-order valence-electron chi connectivity index (χ3n) is 5.13. The number of aryl methyl sites for hydroxylation is 2. The number of carboxylic acid groups (broad SMARTS) is 1. The van der Waals surface area contributed by atoms with E-state index in [2.05, 4.69) is 32.0 Å². The monoisotopic (exact) mass is 538 g/mol. The number of halogens is 3. The summed E-state index contributed by atoms with van der Waals surface area (Å²) in [5, 5.41) is 11.5. The van der Waals surface area contributed by atoms with Crippen molar-refractivity contribution in [3.63, 3.8) is 0 Å². The van der Waals surface area contributed by atoms with E-state index in [9.17, 15) is 18.0 Å². The molecular formula is C22H25F3N8O3S. The van der Waals surface area contributed by atoms with E-state index in [-0.39, 0.29) is 5.56 Å². The van der Waals surface area contributed by atoms with E-state index in [4.69, 9.17) is 19.9 Å². The van der Waals surface area contributed by atoms with Crippen LogP contribution in [0.3, 0.4) is 0 Å². The molecule has 4 heterocycles. The van der Waals surface area contributed by atoms with Gasteiger partial charge in [0.05, 0.1) is 6.54 Å². The van der Waals surface area contributed by atoms with Crippen molar-refractivity contribution < 1.29 is 23.1 Å². The van der Waals surface area contributed by atoms with E-state index in [0.29, 0.717) is 28.0 Å². The van der Waals surface area contributed by atoms with Crippen LogP contribution >= 0.6 is 11.8 Å². The second kappa shape index (κ2) is 11.6. The van der Waals surface area contributed by atoms with Crippen molar-refractivity contribution in [3.8, 4) is 11.8 Å². The molecule has 4 rings (SSSR count). The molecule has 3 aromatic heterocycles. The zero-order chi connectivity index (χ0) is 27.3. The molecule has 0 amide bonds. The predicted octanol–water partition coefficient (Wildman–Crippen LogP) is 1.75. The topological polar surface area (TPSA) is 131 Å². The molecule has 3 aromatic rings. The minimum absolute atomic E-state index is 0.154. The second-order valence-electron chi connectivity index (χ2n) is 7.93. The highest BCUT2D eigenvalue weighted by atomic mass is 32.2. The maximum absolute atomic E-state index is 13.3. The number of rotatable bonds is 4. The lowest BCUT2D eigenvalue weighted by molar-refractivity contribution is -0.192. The lowest BCUT2D eigenvalue weighted by Gasteiger charge is -2.28. The van der Waals surface area contributed by atoms with Gasteiger partial charge in [0.2, 0.25) is 5.95 Å². The standard InChI is InChI=1S/C20H24N8OS.C2HF3O2/c1-5-6-9-28-15-16(24-19(28)27-10-7-21-8-11-27)25-20(26(4)17(15)29)30-18-22-13(2)12-14(3)23-18;3-2(4,5)1(6)7/h12,21H,7-11H2,1-4H3;(H,6,7). The summed E-state index contributed by atoms with van der Waals surface area (Å²) in [7, 11) is 1.72. The first-order valence-corrected chi connectivity index (χ1v) is 11.9. The summed E-state index contributed by atoms with van der Waals surface area (Å²) < 4.78 is 35.2. The van der Waals surface area contributed by atoms with Gasteiger partial charge in [0, 0.05) is 44.6 Å². The molecule has 2 N–H and O–H groups in total. The Bertz CT molecular complexity index is 1400. The molecule has 0 aromatic carbocycles. The van der Waals surface area contributed by atoms with Crippen LogP contribution < -0.4 is 15.8 Å². The van der Waals surface area contributed by atoms with Gasteiger partial charge in [-0.3, -0.25) is 13.9 Å². The third-order valence-corrected chi connectivity index (χ3v) is 6.04. The van der Waals surface area contributed by atoms with Crippen LogP contribution in [-0.2, 0) is 18.4 Å². The Morgan fingerprint density at radius 2 is 1.76 bits per heavy atom. The summed E-state index contributed by atoms with van der Waals surface area (Å²) >= 11 is 1.27. The molecule has 11 nitrogen and oxygen atoms in total. The number of alkyl halides is 3. The quantitative estimate of drug-likeness (QED) is 0.374. The number of hydrogen-bond donors (Lipinski definition) is 2. The molecule has 198 valence electrons. The van der Waals surface area contributed by atoms with Crippen LogP contribution in [0.15, 0.2) is 21.2 Å². The number of aromatic nitrogens is 6. The average Bonchev–Trinajstić information content (AvgIpc) is 3.19. The molecule has 1 aliphatic rings. The van der Waals surface area contributed by atoms with Crippen LogP contribution in [0.4, 0.5) is 19.1 Å². The molecule has 37 heavy (non-hydrogen) atoms. The molecule has 0 spiro atoms. The lowest BCUT2D eigenvalue weighted by atomic mass is 10.4. The van der Waals surface area contributed by atoms with Gasteiger partial charge in [-0.15, -0.1) is 5.92 Å². The number of carbonyl (C=O) groups is 1. The minimum Gasteiger partial charge on any atom is -0.475 e. The highest BCUT2D eigenvalue weighted by molar-refractivity contribution is 7.99. The number of nitrogens with zero attached hydrogens (tertiary/aromatic N) is 7. The lowest BCUT2D eigenvalue weighted by Crippen LogP contribution is -2.44. The van der Waals surface area contributed by atoms with Gasteiger partial charge in [0.1, 0.15) is 0 Å². The highest BCUT2D eigenvalue weighted by Gasteiger charge is 2.38. The largest absolute Gasteiger partial charge is 0.490 e. The van der Waals surface area contributed by atoms with Gasteiger partial charge < -0.3 is 15.3 Å². The van der Waals surface area contributed by atoms with Gasteiger partial charge >= 0.3 is 12.1 Å². The van der Waals surface area contributed by atoms with E-state index in [1.54, 1.807) is 14.0 Å². The molecule has 1 aliphatic heterocycles. The third kappa shape index (κ3) is 6.77. The highest BCUT2D eigenvalue weighted by Crippen LogP contribution is 2.26. The van der Waals surface area contributed by atoms with Crippen LogP contribution in [-0.4, -0.2) is 72.5 Å². The van der Waals surface area contributed by atoms with Crippen molar-refractivity contribution in [2.75, 3.05) is 31.1 Å². The van der Waals surface area contributed by atoms with Crippen molar-refractivity contribution in [1.29, 1.82) is 0 Å².